The Morgan fingerprint density at radius 1 is 1.45 bits per heavy atom. The van der Waals surface area contributed by atoms with E-state index in [2.05, 4.69) is 11.0 Å². The molecule has 0 atom stereocenters. The van der Waals surface area contributed by atoms with Crippen molar-refractivity contribution in [3.05, 3.63) is 29.3 Å². The number of piperidine rings is 1. The Morgan fingerprint density at radius 3 is 2.70 bits per heavy atom. The topological polar surface area (TPSA) is 53.3 Å². The Kier molecular flexibility index (Phi) is 4.75. The zero-order chi connectivity index (χ0) is 14.5. The molecule has 1 fully saturated rings. The molecule has 1 aliphatic heterocycles. The first-order chi connectivity index (χ1) is 9.63. The fourth-order valence-corrected chi connectivity index (χ4v) is 2.68. The number of benzene rings is 1. The molecule has 4 nitrogen and oxygen atoms in total. The monoisotopic (exact) mass is 272 g/mol. The molecule has 1 aliphatic rings. The van der Waals surface area contributed by atoms with E-state index in [1.807, 2.05) is 12.1 Å². The summed E-state index contributed by atoms with van der Waals surface area (Å²) in [7, 11) is 1.58. The fraction of sp³-hybridized carbons (Fsp3) is 0.500. The van der Waals surface area contributed by atoms with Gasteiger partial charge in [0.15, 0.2) is 0 Å². The lowest BCUT2D eigenvalue weighted by molar-refractivity contribution is -0.122. The molecular weight excluding hydrogens is 252 g/mol. The van der Waals surface area contributed by atoms with Gasteiger partial charge in [0.1, 0.15) is 17.6 Å². The summed E-state index contributed by atoms with van der Waals surface area (Å²) in [5.41, 5.74) is 1.70. The molecule has 1 aromatic carbocycles. The zero-order valence-corrected chi connectivity index (χ0v) is 12.1. The predicted octanol–water partition coefficient (Wildman–Crippen LogP) is 2.37. The van der Waals surface area contributed by atoms with Crippen molar-refractivity contribution in [3.8, 4) is 11.8 Å². The first-order valence-electron chi connectivity index (χ1n) is 6.94. The van der Waals surface area contributed by atoms with Crippen LogP contribution in [0.2, 0.25) is 0 Å². The summed E-state index contributed by atoms with van der Waals surface area (Å²) < 4.78 is 5.23. The smallest absolute Gasteiger partial charge is 0.136 e. The summed E-state index contributed by atoms with van der Waals surface area (Å²) in [5, 5.41) is 8.97. The van der Waals surface area contributed by atoms with Gasteiger partial charge in [0.25, 0.3) is 0 Å². The lowest BCUT2D eigenvalue weighted by atomic mass is 9.93. The summed E-state index contributed by atoms with van der Waals surface area (Å²) in [6.45, 7) is 4.43. The molecular formula is C16H20N2O2. The third-order valence-electron chi connectivity index (χ3n) is 3.96. The van der Waals surface area contributed by atoms with Crippen molar-refractivity contribution in [1.29, 1.82) is 5.26 Å². The average Bonchev–Trinajstić information content (AvgIpc) is 2.47. The molecule has 0 aromatic heterocycles. The van der Waals surface area contributed by atoms with Crippen LogP contribution in [0.15, 0.2) is 18.2 Å². The Hall–Kier alpha value is -1.86. The van der Waals surface area contributed by atoms with Gasteiger partial charge in [0.05, 0.1) is 12.7 Å². The SMILES string of the molecule is COc1cc(CN2CCC(C(C)=O)CC2)ccc1C#N. The summed E-state index contributed by atoms with van der Waals surface area (Å²) in [4.78, 5) is 13.7. The summed E-state index contributed by atoms with van der Waals surface area (Å²) >= 11 is 0. The maximum atomic E-state index is 11.4. The third-order valence-corrected chi connectivity index (χ3v) is 3.96. The Labute approximate surface area is 120 Å². The minimum absolute atomic E-state index is 0.238. The standard InChI is InChI=1S/C16H20N2O2/c1-12(19)14-5-7-18(8-6-14)11-13-3-4-15(10-17)16(9-13)20-2/h3-4,9,14H,5-8,11H2,1-2H3. The maximum Gasteiger partial charge on any atom is 0.136 e. The van der Waals surface area contributed by atoms with E-state index in [0.29, 0.717) is 17.1 Å². The van der Waals surface area contributed by atoms with Gasteiger partial charge in [-0.3, -0.25) is 9.69 Å². The minimum Gasteiger partial charge on any atom is -0.495 e. The van der Waals surface area contributed by atoms with Crippen LogP contribution in [0.4, 0.5) is 0 Å². The maximum absolute atomic E-state index is 11.4. The van der Waals surface area contributed by atoms with Crippen molar-refractivity contribution in [3.63, 3.8) is 0 Å². The number of likely N-dealkylation sites (tertiary alicyclic amines) is 1. The van der Waals surface area contributed by atoms with E-state index < -0.39 is 0 Å². The van der Waals surface area contributed by atoms with Crippen LogP contribution < -0.4 is 4.74 Å². The lowest BCUT2D eigenvalue weighted by Gasteiger charge is -2.30. The lowest BCUT2D eigenvalue weighted by Crippen LogP contribution is -2.35. The Morgan fingerprint density at radius 2 is 2.15 bits per heavy atom. The van der Waals surface area contributed by atoms with Gasteiger partial charge in [0.2, 0.25) is 0 Å². The molecule has 106 valence electrons. The van der Waals surface area contributed by atoms with Gasteiger partial charge in [-0.05, 0) is 50.6 Å². The Balaban J connectivity index is 1.98. The second-order valence-corrected chi connectivity index (χ2v) is 5.31. The molecule has 0 saturated carbocycles. The van der Waals surface area contributed by atoms with E-state index >= 15 is 0 Å². The number of nitrogens with zero attached hydrogens (tertiary/aromatic N) is 2. The van der Waals surface area contributed by atoms with Crippen LogP contribution >= 0.6 is 0 Å². The van der Waals surface area contributed by atoms with Crippen molar-refractivity contribution < 1.29 is 9.53 Å². The van der Waals surface area contributed by atoms with Crippen molar-refractivity contribution in [2.24, 2.45) is 5.92 Å². The number of methoxy groups -OCH3 is 1. The molecule has 1 heterocycles. The number of nitriles is 1. The number of carbonyl (C=O) groups excluding carboxylic acids is 1. The normalized spacial score (nSPS) is 16.6. The van der Waals surface area contributed by atoms with Crippen LogP contribution in [0, 0.1) is 17.2 Å². The van der Waals surface area contributed by atoms with Crippen LogP contribution in [0.3, 0.4) is 0 Å². The van der Waals surface area contributed by atoms with E-state index in [1.54, 1.807) is 20.1 Å². The first-order valence-corrected chi connectivity index (χ1v) is 6.94. The molecule has 0 radical (unpaired) electrons. The van der Waals surface area contributed by atoms with Gasteiger partial charge in [-0.1, -0.05) is 6.07 Å². The third kappa shape index (κ3) is 3.37. The molecule has 0 N–H and O–H groups in total. The number of carbonyl (C=O) groups is 1. The molecule has 0 unspecified atom stereocenters. The van der Waals surface area contributed by atoms with Crippen LogP contribution in [-0.2, 0) is 11.3 Å². The second-order valence-electron chi connectivity index (χ2n) is 5.31. The zero-order valence-electron chi connectivity index (χ0n) is 12.1. The molecule has 1 aromatic rings. The number of ketones is 1. The van der Waals surface area contributed by atoms with Crippen molar-refractivity contribution in [2.75, 3.05) is 20.2 Å². The van der Waals surface area contributed by atoms with E-state index in [4.69, 9.17) is 10.00 Å². The number of hydrogen-bond donors (Lipinski definition) is 0. The summed E-state index contributed by atoms with van der Waals surface area (Å²) in [6, 6.07) is 7.82. The summed E-state index contributed by atoms with van der Waals surface area (Å²) in [6.07, 6.45) is 1.89. The van der Waals surface area contributed by atoms with E-state index in [-0.39, 0.29) is 5.92 Å². The largest absolute Gasteiger partial charge is 0.495 e. The van der Waals surface area contributed by atoms with E-state index in [9.17, 15) is 4.79 Å². The average molecular weight is 272 g/mol. The highest BCUT2D eigenvalue weighted by Gasteiger charge is 2.22. The molecule has 4 heteroatoms. The van der Waals surface area contributed by atoms with Crippen molar-refractivity contribution in [1.82, 2.24) is 4.90 Å². The fourth-order valence-electron chi connectivity index (χ4n) is 2.68. The number of Topliss-reactive ketones (excluding diaryl/α,β-unsaturated/α-hetero) is 1. The highest BCUT2D eigenvalue weighted by atomic mass is 16.5. The van der Waals surface area contributed by atoms with Crippen LogP contribution in [0.25, 0.3) is 0 Å². The van der Waals surface area contributed by atoms with Crippen LogP contribution in [0.5, 0.6) is 5.75 Å². The number of ether oxygens (including phenoxy) is 1. The van der Waals surface area contributed by atoms with Crippen LogP contribution in [-0.4, -0.2) is 30.9 Å². The first kappa shape index (κ1) is 14.5. The van der Waals surface area contributed by atoms with Gasteiger partial charge >= 0.3 is 0 Å². The minimum atomic E-state index is 0.238. The Bertz CT molecular complexity index is 526. The van der Waals surface area contributed by atoms with Crippen molar-refractivity contribution in [2.45, 2.75) is 26.3 Å². The van der Waals surface area contributed by atoms with Gasteiger partial charge in [-0.2, -0.15) is 5.26 Å². The van der Waals surface area contributed by atoms with Crippen molar-refractivity contribution >= 4 is 5.78 Å². The van der Waals surface area contributed by atoms with E-state index in [0.717, 1.165) is 38.0 Å². The predicted molar refractivity (Wildman–Crippen MR) is 76.4 cm³/mol. The summed E-state index contributed by atoms with van der Waals surface area (Å²) in [5.74, 6) is 1.18. The van der Waals surface area contributed by atoms with Gasteiger partial charge in [-0.25, -0.2) is 0 Å². The molecule has 0 amide bonds. The molecule has 20 heavy (non-hydrogen) atoms. The number of rotatable bonds is 4. The van der Waals surface area contributed by atoms with Gasteiger partial charge in [0, 0.05) is 12.5 Å². The van der Waals surface area contributed by atoms with Crippen LogP contribution in [0.1, 0.15) is 30.9 Å². The number of hydrogen-bond acceptors (Lipinski definition) is 4. The second kappa shape index (κ2) is 6.53. The molecule has 1 saturated heterocycles. The van der Waals surface area contributed by atoms with E-state index in [1.165, 1.54) is 0 Å². The molecule has 0 aliphatic carbocycles. The molecule has 0 bridgehead atoms. The van der Waals surface area contributed by atoms with Gasteiger partial charge < -0.3 is 4.74 Å². The highest BCUT2D eigenvalue weighted by Crippen LogP contribution is 2.23. The molecule has 2 rings (SSSR count). The quantitative estimate of drug-likeness (QED) is 0.844. The molecule has 0 spiro atoms. The highest BCUT2D eigenvalue weighted by molar-refractivity contribution is 5.78. The van der Waals surface area contributed by atoms with Gasteiger partial charge in [-0.15, -0.1) is 0 Å².